The Bertz CT molecular complexity index is 367. The summed E-state index contributed by atoms with van der Waals surface area (Å²) in [4.78, 5) is 0. The van der Waals surface area contributed by atoms with Crippen molar-refractivity contribution in [1.29, 1.82) is 0 Å². The van der Waals surface area contributed by atoms with E-state index in [-0.39, 0.29) is 0 Å². The van der Waals surface area contributed by atoms with Crippen LogP contribution < -0.4 is 0 Å². The van der Waals surface area contributed by atoms with Crippen LogP contribution in [-0.2, 0) is 0 Å². The van der Waals surface area contributed by atoms with E-state index in [0.29, 0.717) is 0 Å². The summed E-state index contributed by atoms with van der Waals surface area (Å²) >= 11 is 0. The molecule has 114 valence electrons. The number of allylic oxidation sites excluding steroid dienone is 8. The first-order valence-electron chi connectivity index (χ1n) is 7.99. The first-order valence-corrected chi connectivity index (χ1v) is 7.99. The summed E-state index contributed by atoms with van der Waals surface area (Å²) in [6.45, 7) is 13.2. The van der Waals surface area contributed by atoms with Crippen LogP contribution in [0.4, 0.5) is 0 Å². The van der Waals surface area contributed by atoms with Crippen LogP contribution in [0, 0.1) is 0 Å². The fourth-order valence-corrected chi connectivity index (χ4v) is 2.04. The third-order valence-corrected chi connectivity index (χ3v) is 3.33. The number of hydrogen-bond donors (Lipinski definition) is 0. The molecule has 0 nitrogen and oxygen atoms in total. The van der Waals surface area contributed by atoms with Crippen LogP contribution in [0.1, 0.15) is 80.1 Å². The molecule has 0 aliphatic carbocycles. The summed E-state index contributed by atoms with van der Waals surface area (Å²) in [6.07, 6.45) is 16.6. The van der Waals surface area contributed by atoms with Crippen molar-refractivity contribution in [2.24, 2.45) is 0 Å². The quantitative estimate of drug-likeness (QED) is 0.309. The highest BCUT2D eigenvalue weighted by Gasteiger charge is 1.92. The van der Waals surface area contributed by atoms with Crippen molar-refractivity contribution in [2.45, 2.75) is 80.1 Å². The Kier molecular flexibility index (Phi) is 11.1. The Morgan fingerprint density at radius 2 is 0.850 bits per heavy atom. The van der Waals surface area contributed by atoms with Gasteiger partial charge in [0.25, 0.3) is 0 Å². The normalized spacial score (nSPS) is 12.3. The maximum atomic E-state index is 2.41. The van der Waals surface area contributed by atoms with E-state index in [4.69, 9.17) is 0 Å². The molecular formula is C20H34. The molecule has 0 aromatic carbocycles. The highest BCUT2D eigenvalue weighted by molar-refractivity contribution is 5.06. The molecule has 0 saturated carbocycles. The van der Waals surface area contributed by atoms with Gasteiger partial charge >= 0.3 is 0 Å². The van der Waals surface area contributed by atoms with Crippen molar-refractivity contribution in [3.63, 3.8) is 0 Å². The van der Waals surface area contributed by atoms with E-state index in [9.17, 15) is 0 Å². The molecule has 0 saturated heterocycles. The zero-order valence-electron chi connectivity index (χ0n) is 14.6. The smallest absolute Gasteiger partial charge is 0.0288 e. The van der Waals surface area contributed by atoms with Crippen LogP contribution in [0.5, 0.6) is 0 Å². The van der Waals surface area contributed by atoms with Crippen LogP contribution >= 0.6 is 0 Å². The second-order valence-electron chi connectivity index (χ2n) is 6.32. The van der Waals surface area contributed by atoms with Gasteiger partial charge in [-0.05, 0) is 80.1 Å². The maximum Gasteiger partial charge on any atom is -0.0288 e. The molecular weight excluding hydrogens is 240 g/mol. The molecule has 0 aliphatic heterocycles. The van der Waals surface area contributed by atoms with Gasteiger partial charge in [0.2, 0.25) is 0 Å². The van der Waals surface area contributed by atoms with Crippen LogP contribution in [0.3, 0.4) is 0 Å². The monoisotopic (exact) mass is 274 g/mol. The first-order chi connectivity index (χ1) is 9.41. The molecule has 0 aliphatic rings. The second-order valence-corrected chi connectivity index (χ2v) is 6.32. The Morgan fingerprint density at radius 1 is 0.500 bits per heavy atom. The molecule has 20 heavy (non-hydrogen) atoms. The Morgan fingerprint density at radius 3 is 1.35 bits per heavy atom. The summed E-state index contributed by atoms with van der Waals surface area (Å²) in [5, 5.41) is 0. The molecule has 0 heteroatoms. The Balaban J connectivity index is 3.88. The third kappa shape index (κ3) is 13.4. The van der Waals surface area contributed by atoms with Gasteiger partial charge < -0.3 is 0 Å². The summed E-state index contributed by atoms with van der Waals surface area (Å²) in [7, 11) is 0. The maximum absolute atomic E-state index is 2.41. The molecule has 0 N–H and O–H groups in total. The molecule has 0 unspecified atom stereocenters. The standard InChI is InChI=1S/C20H34/c1-17(2)11-7-8-13-19(5)15-10-16-20(6)14-9-12-18(3)4/h11-13,16H,7-10,14-15H2,1-6H3/b19-13+,20-16+. The number of rotatable bonds is 9. The molecule has 0 radical (unpaired) electrons. The fourth-order valence-electron chi connectivity index (χ4n) is 2.04. The van der Waals surface area contributed by atoms with Crippen LogP contribution in [0.15, 0.2) is 46.6 Å². The lowest BCUT2D eigenvalue weighted by Crippen LogP contribution is -1.81. The fraction of sp³-hybridized carbons (Fsp3) is 0.600. The van der Waals surface area contributed by atoms with Gasteiger partial charge in [-0.2, -0.15) is 0 Å². The lowest BCUT2D eigenvalue weighted by Gasteiger charge is -2.01. The van der Waals surface area contributed by atoms with E-state index in [1.165, 1.54) is 60.8 Å². The SMILES string of the molecule is CC(C)=CCC/C=C(\C)CC/C=C(\C)CCC=C(C)C. The molecule has 0 atom stereocenters. The predicted octanol–water partition coefficient (Wildman–Crippen LogP) is 7.15. The minimum atomic E-state index is 1.18. The molecule has 0 rings (SSSR count). The highest BCUT2D eigenvalue weighted by atomic mass is 14.0. The number of hydrogen-bond acceptors (Lipinski definition) is 0. The van der Waals surface area contributed by atoms with Crippen LogP contribution in [0.25, 0.3) is 0 Å². The van der Waals surface area contributed by atoms with E-state index in [2.05, 4.69) is 65.8 Å². The van der Waals surface area contributed by atoms with Crippen LogP contribution in [-0.4, -0.2) is 0 Å². The van der Waals surface area contributed by atoms with Crippen molar-refractivity contribution < 1.29 is 0 Å². The third-order valence-electron chi connectivity index (χ3n) is 3.33. The van der Waals surface area contributed by atoms with Crippen molar-refractivity contribution in [1.82, 2.24) is 0 Å². The van der Waals surface area contributed by atoms with Crippen molar-refractivity contribution in [3.8, 4) is 0 Å². The van der Waals surface area contributed by atoms with Crippen molar-refractivity contribution in [3.05, 3.63) is 46.6 Å². The minimum Gasteiger partial charge on any atom is -0.0856 e. The molecule has 0 spiro atoms. The van der Waals surface area contributed by atoms with Gasteiger partial charge in [0.1, 0.15) is 0 Å². The molecule has 0 fully saturated rings. The van der Waals surface area contributed by atoms with E-state index in [0.717, 1.165) is 0 Å². The molecule has 0 bridgehead atoms. The molecule has 0 amide bonds. The predicted molar refractivity (Wildman–Crippen MR) is 94.1 cm³/mol. The largest absolute Gasteiger partial charge is 0.0856 e. The van der Waals surface area contributed by atoms with E-state index in [1.54, 1.807) is 0 Å². The minimum absolute atomic E-state index is 1.18. The average molecular weight is 274 g/mol. The average Bonchev–Trinajstić information content (AvgIpc) is 2.34. The highest BCUT2D eigenvalue weighted by Crippen LogP contribution is 2.12. The van der Waals surface area contributed by atoms with E-state index >= 15 is 0 Å². The Labute approximate surface area is 127 Å². The van der Waals surface area contributed by atoms with Gasteiger partial charge in [0.15, 0.2) is 0 Å². The molecule has 0 aromatic rings. The van der Waals surface area contributed by atoms with Crippen LogP contribution in [0.2, 0.25) is 0 Å². The Hall–Kier alpha value is -1.04. The van der Waals surface area contributed by atoms with E-state index < -0.39 is 0 Å². The first kappa shape index (κ1) is 19.0. The zero-order chi connectivity index (χ0) is 15.4. The zero-order valence-corrected chi connectivity index (χ0v) is 14.6. The summed E-state index contributed by atoms with van der Waals surface area (Å²) in [5.74, 6) is 0. The lowest BCUT2D eigenvalue weighted by molar-refractivity contribution is 0.906. The van der Waals surface area contributed by atoms with E-state index in [1.807, 2.05) is 0 Å². The summed E-state index contributed by atoms with van der Waals surface area (Å²) in [5.41, 5.74) is 5.90. The van der Waals surface area contributed by atoms with Gasteiger partial charge in [-0.3, -0.25) is 0 Å². The van der Waals surface area contributed by atoms with Crippen molar-refractivity contribution >= 4 is 0 Å². The number of unbranched alkanes of at least 4 members (excludes halogenated alkanes) is 1. The lowest BCUT2D eigenvalue weighted by atomic mass is 10.1. The second kappa shape index (κ2) is 11.8. The summed E-state index contributed by atoms with van der Waals surface area (Å²) in [6, 6.07) is 0. The molecule has 0 aromatic heterocycles. The van der Waals surface area contributed by atoms with Gasteiger partial charge in [-0.1, -0.05) is 46.6 Å². The molecule has 0 heterocycles. The van der Waals surface area contributed by atoms with Crippen molar-refractivity contribution in [2.75, 3.05) is 0 Å². The van der Waals surface area contributed by atoms with Gasteiger partial charge in [-0.25, -0.2) is 0 Å². The van der Waals surface area contributed by atoms with Gasteiger partial charge in [0, 0.05) is 0 Å². The summed E-state index contributed by atoms with van der Waals surface area (Å²) < 4.78 is 0. The van der Waals surface area contributed by atoms with Gasteiger partial charge in [0.05, 0.1) is 0 Å². The van der Waals surface area contributed by atoms with Gasteiger partial charge in [-0.15, -0.1) is 0 Å². The topological polar surface area (TPSA) is 0 Å².